The van der Waals surface area contributed by atoms with Crippen LogP contribution in [0.5, 0.6) is 0 Å². The van der Waals surface area contributed by atoms with Gasteiger partial charge in [0.05, 0.1) is 11.5 Å². The van der Waals surface area contributed by atoms with Gasteiger partial charge in [0.15, 0.2) is 9.84 Å². The normalized spacial score (nSPS) is 28.7. The lowest BCUT2D eigenvalue weighted by Crippen LogP contribution is -2.46. The van der Waals surface area contributed by atoms with Crippen LogP contribution in [0, 0.1) is 5.92 Å². The molecule has 5 heteroatoms. The molecule has 0 aliphatic carbocycles. The Balaban J connectivity index is 2.16. The minimum atomic E-state index is -2.85. The average Bonchev–Trinajstić information content (AvgIpc) is 2.83. The SMILES string of the molecule is CC(C)C(NC1(C)CCS(=O)(=O)C1)c1cccs1. The van der Waals surface area contributed by atoms with Crippen LogP contribution in [-0.4, -0.2) is 25.5 Å². The van der Waals surface area contributed by atoms with E-state index in [0.717, 1.165) is 0 Å². The molecule has 1 saturated heterocycles. The summed E-state index contributed by atoms with van der Waals surface area (Å²) in [5, 5.41) is 5.65. The molecule has 0 bridgehead atoms. The highest BCUT2D eigenvalue weighted by Gasteiger charge is 2.40. The summed E-state index contributed by atoms with van der Waals surface area (Å²) in [6.07, 6.45) is 0.712. The Morgan fingerprint density at radius 1 is 1.44 bits per heavy atom. The Kier molecular flexibility index (Phi) is 3.85. The summed E-state index contributed by atoms with van der Waals surface area (Å²) in [6.45, 7) is 6.37. The molecule has 2 unspecified atom stereocenters. The number of hydrogen-bond donors (Lipinski definition) is 1. The van der Waals surface area contributed by atoms with Crippen LogP contribution in [0.4, 0.5) is 0 Å². The van der Waals surface area contributed by atoms with E-state index in [2.05, 4.69) is 30.6 Å². The third-order valence-corrected chi connectivity index (χ3v) is 6.38. The Bertz CT molecular complexity index is 493. The highest BCUT2D eigenvalue weighted by Crippen LogP contribution is 2.32. The summed E-state index contributed by atoms with van der Waals surface area (Å²) in [6, 6.07) is 4.41. The van der Waals surface area contributed by atoms with Crippen LogP contribution in [0.25, 0.3) is 0 Å². The highest BCUT2D eigenvalue weighted by atomic mass is 32.2. The van der Waals surface area contributed by atoms with Crippen molar-refractivity contribution in [1.82, 2.24) is 5.32 Å². The Labute approximate surface area is 114 Å². The van der Waals surface area contributed by atoms with Crippen molar-refractivity contribution in [2.75, 3.05) is 11.5 Å². The van der Waals surface area contributed by atoms with Crippen molar-refractivity contribution in [2.24, 2.45) is 5.92 Å². The van der Waals surface area contributed by atoms with Gasteiger partial charge in [-0.1, -0.05) is 19.9 Å². The molecule has 3 nitrogen and oxygen atoms in total. The second kappa shape index (κ2) is 4.94. The molecule has 1 aliphatic rings. The molecule has 1 aromatic heterocycles. The zero-order valence-electron chi connectivity index (χ0n) is 11.1. The number of sulfone groups is 1. The van der Waals surface area contributed by atoms with Gasteiger partial charge in [0.25, 0.3) is 0 Å². The maximum absolute atomic E-state index is 11.6. The molecule has 0 spiro atoms. The van der Waals surface area contributed by atoms with E-state index in [1.807, 2.05) is 13.0 Å². The van der Waals surface area contributed by atoms with Gasteiger partial charge in [0, 0.05) is 16.5 Å². The van der Waals surface area contributed by atoms with Gasteiger partial charge >= 0.3 is 0 Å². The van der Waals surface area contributed by atoms with E-state index in [4.69, 9.17) is 0 Å². The van der Waals surface area contributed by atoms with Crippen molar-refractivity contribution in [1.29, 1.82) is 0 Å². The Hall–Kier alpha value is -0.390. The molecule has 18 heavy (non-hydrogen) atoms. The van der Waals surface area contributed by atoms with Crippen molar-refractivity contribution in [3.05, 3.63) is 22.4 Å². The zero-order valence-corrected chi connectivity index (χ0v) is 12.8. The van der Waals surface area contributed by atoms with Crippen LogP contribution in [-0.2, 0) is 9.84 Å². The maximum atomic E-state index is 11.6. The predicted molar refractivity (Wildman–Crippen MR) is 76.7 cm³/mol. The van der Waals surface area contributed by atoms with Gasteiger partial charge in [-0.2, -0.15) is 0 Å². The molecule has 1 N–H and O–H groups in total. The first-order valence-corrected chi connectivity index (χ1v) is 9.03. The Morgan fingerprint density at radius 3 is 2.61 bits per heavy atom. The van der Waals surface area contributed by atoms with E-state index in [-0.39, 0.29) is 17.3 Å². The molecular formula is C13H21NO2S2. The van der Waals surface area contributed by atoms with Crippen molar-refractivity contribution in [3.8, 4) is 0 Å². The molecule has 0 saturated carbocycles. The predicted octanol–water partition coefficient (Wildman–Crippen LogP) is 2.61. The second-order valence-corrected chi connectivity index (χ2v) is 8.95. The topological polar surface area (TPSA) is 46.2 Å². The molecule has 1 aliphatic heterocycles. The fraction of sp³-hybridized carbons (Fsp3) is 0.692. The lowest BCUT2D eigenvalue weighted by molar-refractivity contribution is 0.297. The quantitative estimate of drug-likeness (QED) is 0.926. The number of rotatable bonds is 4. The lowest BCUT2D eigenvalue weighted by Gasteiger charge is -2.32. The molecule has 1 aromatic rings. The third-order valence-electron chi connectivity index (χ3n) is 3.52. The van der Waals surface area contributed by atoms with Crippen LogP contribution >= 0.6 is 11.3 Å². The van der Waals surface area contributed by atoms with Gasteiger partial charge in [0.2, 0.25) is 0 Å². The van der Waals surface area contributed by atoms with Crippen LogP contribution in [0.2, 0.25) is 0 Å². The van der Waals surface area contributed by atoms with Gasteiger partial charge < -0.3 is 5.32 Å². The maximum Gasteiger partial charge on any atom is 0.152 e. The van der Waals surface area contributed by atoms with E-state index in [0.29, 0.717) is 18.1 Å². The van der Waals surface area contributed by atoms with Crippen molar-refractivity contribution >= 4 is 21.2 Å². The second-order valence-electron chi connectivity index (χ2n) is 5.78. The number of nitrogens with one attached hydrogen (secondary N) is 1. The molecule has 102 valence electrons. The minimum Gasteiger partial charge on any atom is -0.303 e. The summed E-state index contributed by atoms with van der Waals surface area (Å²) in [4.78, 5) is 1.29. The minimum absolute atomic E-state index is 0.239. The van der Waals surface area contributed by atoms with Gasteiger partial charge in [-0.15, -0.1) is 11.3 Å². The van der Waals surface area contributed by atoms with E-state index >= 15 is 0 Å². The van der Waals surface area contributed by atoms with Gasteiger partial charge in [-0.3, -0.25) is 0 Å². The summed E-state index contributed by atoms with van der Waals surface area (Å²) >= 11 is 1.73. The van der Waals surface area contributed by atoms with Crippen molar-refractivity contribution < 1.29 is 8.42 Å². The van der Waals surface area contributed by atoms with Gasteiger partial charge in [-0.25, -0.2) is 8.42 Å². The first-order valence-electron chi connectivity index (χ1n) is 6.33. The lowest BCUT2D eigenvalue weighted by atomic mass is 9.95. The van der Waals surface area contributed by atoms with Gasteiger partial charge in [0.1, 0.15) is 0 Å². The summed E-state index contributed by atoms with van der Waals surface area (Å²) in [5.41, 5.74) is -0.280. The standard InChI is InChI=1S/C13H21NO2S2/c1-10(2)12(11-5-4-7-17-11)14-13(3)6-8-18(15,16)9-13/h4-5,7,10,12,14H,6,8-9H2,1-3H3. The van der Waals surface area contributed by atoms with E-state index in [9.17, 15) is 8.42 Å². The van der Waals surface area contributed by atoms with Crippen molar-refractivity contribution in [3.63, 3.8) is 0 Å². The van der Waals surface area contributed by atoms with E-state index in [1.54, 1.807) is 11.3 Å². The summed E-state index contributed by atoms with van der Waals surface area (Å²) in [5.74, 6) is 1.02. The van der Waals surface area contributed by atoms with Crippen LogP contribution in [0.15, 0.2) is 17.5 Å². The van der Waals surface area contributed by atoms with Crippen LogP contribution in [0.3, 0.4) is 0 Å². The zero-order chi connectivity index (χ0) is 13.4. The monoisotopic (exact) mass is 287 g/mol. The van der Waals surface area contributed by atoms with Crippen molar-refractivity contribution in [2.45, 2.75) is 38.8 Å². The molecule has 0 aromatic carbocycles. The molecule has 0 radical (unpaired) electrons. The molecule has 2 heterocycles. The fourth-order valence-electron chi connectivity index (χ4n) is 2.53. The summed E-state index contributed by atoms with van der Waals surface area (Å²) in [7, 11) is -2.85. The fourth-order valence-corrected chi connectivity index (χ4v) is 5.59. The van der Waals surface area contributed by atoms with Crippen LogP contribution < -0.4 is 5.32 Å². The van der Waals surface area contributed by atoms with E-state index in [1.165, 1.54) is 4.88 Å². The molecule has 0 amide bonds. The summed E-state index contributed by atoms with van der Waals surface area (Å²) < 4.78 is 23.3. The number of thiophene rings is 1. The molecule has 2 atom stereocenters. The van der Waals surface area contributed by atoms with Gasteiger partial charge in [-0.05, 0) is 30.7 Å². The smallest absolute Gasteiger partial charge is 0.152 e. The van der Waals surface area contributed by atoms with Crippen LogP contribution in [0.1, 0.15) is 38.1 Å². The largest absolute Gasteiger partial charge is 0.303 e. The first-order chi connectivity index (χ1) is 8.31. The average molecular weight is 287 g/mol. The third kappa shape index (κ3) is 3.13. The van der Waals surface area contributed by atoms with E-state index < -0.39 is 9.84 Å². The molecule has 1 fully saturated rings. The first kappa shape index (κ1) is 14.0. The molecule has 2 rings (SSSR count). The highest BCUT2D eigenvalue weighted by molar-refractivity contribution is 7.91. The Morgan fingerprint density at radius 2 is 2.17 bits per heavy atom. The molecular weight excluding hydrogens is 266 g/mol. The number of hydrogen-bond acceptors (Lipinski definition) is 4.